The third-order valence-electron chi connectivity index (χ3n) is 3.22. The number of carboxylic acids is 1. The number of hydrogen-bond acceptors (Lipinski definition) is 2. The molecule has 4 nitrogen and oxygen atoms in total. The van der Waals surface area contributed by atoms with Crippen molar-refractivity contribution in [3.63, 3.8) is 0 Å². The maximum atomic E-state index is 11.8. The summed E-state index contributed by atoms with van der Waals surface area (Å²) in [5, 5.41) is 11.7. The third kappa shape index (κ3) is 13.4. The van der Waals surface area contributed by atoms with Crippen LogP contribution in [0.25, 0.3) is 0 Å². The van der Waals surface area contributed by atoms with Gasteiger partial charge in [0.05, 0.1) is 6.42 Å². The second-order valence-corrected chi connectivity index (χ2v) is 6.00. The molecular weight excluding hydrogens is 266 g/mol. The van der Waals surface area contributed by atoms with E-state index in [1.54, 1.807) is 0 Å². The van der Waals surface area contributed by atoms with E-state index in [2.05, 4.69) is 18.3 Å². The van der Waals surface area contributed by atoms with E-state index >= 15 is 0 Å². The van der Waals surface area contributed by atoms with Crippen LogP contribution < -0.4 is 5.32 Å². The molecule has 0 aliphatic rings. The molecule has 0 fully saturated rings. The molecule has 0 spiro atoms. The van der Waals surface area contributed by atoms with Crippen molar-refractivity contribution in [3.8, 4) is 0 Å². The third-order valence-corrected chi connectivity index (χ3v) is 3.22. The average molecular weight is 297 g/mol. The van der Waals surface area contributed by atoms with Gasteiger partial charge in [-0.25, -0.2) is 0 Å². The van der Waals surface area contributed by atoms with Crippen LogP contribution in [0, 0.1) is 5.92 Å². The first-order valence-corrected chi connectivity index (χ1v) is 8.11. The van der Waals surface area contributed by atoms with Gasteiger partial charge in [0.1, 0.15) is 0 Å². The van der Waals surface area contributed by atoms with Gasteiger partial charge in [-0.2, -0.15) is 0 Å². The molecule has 0 bridgehead atoms. The summed E-state index contributed by atoms with van der Waals surface area (Å²) < 4.78 is 0. The van der Waals surface area contributed by atoms with E-state index < -0.39 is 5.97 Å². The number of allylic oxidation sites excluding steroid dienone is 2. The summed E-state index contributed by atoms with van der Waals surface area (Å²) in [7, 11) is 0. The van der Waals surface area contributed by atoms with E-state index in [1.165, 1.54) is 19.3 Å². The van der Waals surface area contributed by atoms with Crippen LogP contribution in [0.1, 0.15) is 72.1 Å². The van der Waals surface area contributed by atoms with E-state index in [9.17, 15) is 9.59 Å². The predicted molar refractivity (Wildman–Crippen MR) is 86.2 cm³/mol. The predicted octanol–water partition coefficient (Wildman–Crippen LogP) is 3.91. The van der Waals surface area contributed by atoms with Gasteiger partial charge in [-0.15, -0.1) is 0 Å². The van der Waals surface area contributed by atoms with Crippen LogP contribution >= 0.6 is 0 Å². The molecule has 0 radical (unpaired) electrons. The zero-order valence-electron chi connectivity index (χ0n) is 13.7. The molecule has 0 aromatic rings. The Hall–Kier alpha value is -1.32. The van der Waals surface area contributed by atoms with Crippen molar-refractivity contribution in [3.05, 3.63) is 12.2 Å². The first-order valence-electron chi connectivity index (χ1n) is 8.11. The molecule has 0 unspecified atom stereocenters. The van der Waals surface area contributed by atoms with Crippen LogP contribution in [-0.4, -0.2) is 23.0 Å². The van der Waals surface area contributed by atoms with Gasteiger partial charge in [-0.1, -0.05) is 45.8 Å². The number of rotatable bonds is 12. The number of carboxylic acid groups (broad SMARTS) is 1. The quantitative estimate of drug-likeness (QED) is 0.424. The average Bonchev–Trinajstić information content (AvgIpc) is 2.36. The van der Waals surface area contributed by atoms with Crippen molar-refractivity contribution in [1.82, 2.24) is 5.32 Å². The summed E-state index contributed by atoms with van der Waals surface area (Å²) in [5.74, 6) is -0.551. The van der Waals surface area contributed by atoms with E-state index in [1.807, 2.05) is 19.9 Å². The van der Waals surface area contributed by atoms with Crippen molar-refractivity contribution in [1.29, 1.82) is 0 Å². The van der Waals surface area contributed by atoms with Crippen LogP contribution in [0.4, 0.5) is 0 Å². The number of hydrogen-bond donors (Lipinski definition) is 2. The molecule has 0 aliphatic heterocycles. The van der Waals surface area contributed by atoms with Crippen LogP contribution in [0.5, 0.6) is 0 Å². The summed E-state index contributed by atoms with van der Waals surface area (Å²) in [6, 6.07) is -0.261. The van der Waals surface area contributed by atoms with Crippen molar-refractivity contribution < 1.29 is 14.7 Å². The highest BCUT2D eigenvalue weighted by Gasteiger charge is 2.16. The van der Waals surface area contributed by atoms with Gasteiger partial charge in [0, 0.05) is 12.5 Å². The number of amides is 1. The number of nitrogens with one attached hydrogen (secondary N) is 1. The Morgan fingerprint density at radius 1 is 1.14 bits per heavy atom. The fourth-order valence-electron chi connectivity index (χ4n) is 2.24. The lowest BCUT2D eigenvalue weighted by atomic mass is 10.0. The van der Waals surface area contributed by atoms with E-state index in [4.69, 9.17) is 5.11 Å². The number of aliphatic carboxylic acids is 1. The molecule has 0 aliphatic carbocycles. The molecule has 122 valence electrons. The molecule has 0 rings (SSSR count). The Kier molecular flexibility index (Phi) is 11.6. The highest BCUT2D eigenvalue weighted by Crippen LogP contribution is 2.09. The van der Waals surface area contributed by atoms with E-state index in [0.29, 0.717) is 18.8 Å². The highest BCUT2D eigenvalue weighted by molar-refractivity contribution is 5.77. The molecule has 1 amide bonds. The fourth-order valence-corrected chi connectivity index (χ4v) is 2.24. The largest absolute Gasteiger partial charge is 0.481 e. The van der Waals surface area contributed by atoms with Gasteiger partial charge in [0.2, 0.25) is 5.91 Å². The zero-order chi connectivity index (χ0) is 16.1. The van der Waals surface area contributed by atoms with Crippen LogP contribution in [0.15, 0.2) is 12.2 Å². The normalized spacial score (nSPS) is 12.8. The van der Waals surface area contributed by atoms with Gasteiger partial charge in [0.25, 0.3) is 0 Å². The van der Waals surface area contributed by atoms with Crippen molar-refractivity contribution in [2.45, 2.75) is 78.2 Å². The van der Waals surface area contributed by atoms with E-state index in [-0.39, 0.29) is 18.4 Å². The molecule has 1 atom stereocenters. The Morgan fingerprint density at radius 2 is 1.81 bits per heavy atom. The maximum absolute atomic E-state index is 11.8. The Morgan fingerprint density at radius 3 is 2.38 bits per heavy atom. The van der Waals surface area contributed by atoms with Crippen molar-refractivity contribution >= 4 is 11.9 Å². The summed E-state index contributed by atoms with van der Waals surface area (Å²) in [6.45, 7) is 6.23. The van der Waals surface area contributed by atoms with E-state index in [0.717, 1.165) is 12.8 Å². The lowest BCUT2D eigenvalue weighted by Crippen LogP contribution is -2.37. The van der Waals surface area contributed by atoms with Crippen molar-refractivity contribution in [2.75, 3.05) is 0 Å². The fraction of sp³-hybridized carbons (Fsp3) is 0.765. The summed E-state index contributed by atoms with van der Waals surface area (Å²) >= 11 is 0. The SMILES string of the molecule is CCCCCC=CCCC(=O)N[C@@H](CC(=O)O)CC(C)C. The second-order valence-electron chi connectivity index (χ2n) is 6.00. The minimum Gasteiger partial charge on any atom is -0.481 e. The van der Waals surface area contributed by atoms with Crippen LogP contribution in [0.2, 0.25) is 0 Å². The molecule has 0 saturated heterocycles. The van der Waals surface area contributed by atoms with Gasteiger partial charge < -0.3 is 10.4 Å². The molecule has 0 aromatic carbocycles. The number of carbonyl (C=O) groups excluding carboxylic acids is 1. The minimum atomic E-state index is -0.864. The Balaban J connectivity index is 3.94. The van der Waals surface area contributed by atoms with Gasteiger partial charge in [-0.3, -0.25) is 9.59 Å². The van der Waals surface area contributed by atoms with Gasteiger partial charge >= 0.3 is 5.97 Å². The first kappa shape index (κ1) is 19.7. The van der Waals surface area contributed by atoms with Crippen molar-refractivity contribution in [2.24, 2.45) is 5.92 Å². The molecule has 21 heavy (non-hydrogen) atoms. The summed E-state index contributed by atoms with van der Waals surface area (Å²) in [4.78, 5) is 22.6. The molecule has 4 heteroatoms. The summed E-state index contributed by atoms with van der Waals surface area (Å²) in [5.41, 5.74) is 0. The number of carbonyl (C=O) groups is 2. The smallest absolute Gasteiger partial charge is 0.305 e. The maximum Gasteiger partial charge on any atom is 0.305 e. The standard InChI is InChI=1S/C17H31NO3/c1-4-5-6-7-8-9-10-11-16(19)18-15(12-14(2)3)13-17(20)21/h8-9,14-15H,4-7,10-13H2,1-3H3,(H,18,19)(H,20,21)/t15-/m1/s1. The lowest BCUT2D eigenvalue weighted by Gasteiger charge is -2.18. The topological polar surface area (TPSA) is 66.4 Å². The minimum absolute atomic E-state index is 0.00320. The van der Waals surface area contributed by atoms with Gasteiger partial charge in [0.15, 0.2) is 0 Å². The zero-order valence-corrected chi connectivity index (χ0v) is 13.7. The second kappa shape index (κ2) is 12.4. The molecular formula is C17H31NO3. The Bertz CT molecular complexity index is 324. The molecule has 0 saturated carbocycles. The van der Waals surface area contributed by atoms with Gasteiger partial charge in [-0.05, 0) is 31.6 Å². The van der Waals surface area contributed by atoms with Crippen LogP contribution in [-0.2, 0) is 9.59 Å². The monoisotopic (exact) mass is 297 g/mol. The Labute approximate surface area is 129 Å². The van der Waals surface area contributed by atoms with Crippen LogP contribution in [0.3, 0.4) is 0 Å². The lowest BCUT2D eigenvalue weighted by molar-refractivity contribution is -0.137. The summed E-state index contributed by atoms with van der Waals surface area (Å²) in [6.07, 6.45) is 10.8. The first-order chi connectivity index (χ1) is 9.95. The molecule has 0 aromatic heterocycles. The molecule has 0 heterocycles. The highest BCUT2D eigenvalue weighted by atomic mass is 16.4. The molecule has 2 N–H and O–H groups in total. The number of unbranched alkanes of at least 4 members (excludes halogenated alkanes) is 3.